The standard InChI is InChI=1S/C16H17F3N2O/c1-20-10-13(12-6-2-3-7-14(12)20)15(22)21-8-4-5-11(9-21)16(17,18)19/h2-3,6-7,10-11H,4-5,8-9H2,1H3. The third kappa shape index (κ3) is 2.58. The number of hydrogen-bond acceptors (Lipinski definition) is 1. The highest BCUT2D eigenvalue weighted by Gasteiger charge is 2.42. The average molecular weight is 310 g/mol. The molecule has 1 aliphatic heterocycles. The van der Waals surface area contributed by atoms with Crippen molar-refractivity contribution in [2.75, 3.05) is 13.1 Å². The molecule has 0 aliphatic carbocycles. The third-order valence-electron chi connectivity index (χ3n) is 4.30. The molecule has 0 spiro atoms. The number of piperidine rings is 1. The maximum absolute atomic E-state index is 12.9. The van der Waals surface area contributed by atoms with Crippen molar-refractivity contribution in [3.05, 3.63) is 36.0 Å². The van der Waals surface area contributed by atoms with Crippen molar-refractivity contribution in [1.29, 1.82) is 0 Å². The summed E-state index contributed by atoms with van der Waals surface area (Å²) < 4.78 is 40.5. The van der Waals surface area contributed by atoms with Crippen LogP contribution in [0.4, 0.5) is 13.2 Å². The summed E-state index contributed by atoms with van der Waals surface area (Å²) in [7, 11) is 1.83. The highest BCUT2D eigenvalue weighted by atomic mass is 19.4. The summed E-state index contributed by atoms with van der Waals surface area (Å²) in [6, 6.07) is 7.42. The Hall–Kier alpha value is -1.98. The van der Waals surface area contributed by atoms with Gasteiger partial charge in [-0.25, -0.2) is 0 Å². The van der Waals surface area contributed by atoms with Gasteiger partial charge in [-0.05, 0) is 18.9 Å². The number of carbonyl (C=O) groups excluding carboxylic acids is 1. The van der Waals surface area contributed by atoms with Gasteiger partial charge in [0.05, 0.1) is 11.5 Å². The topological polar surface area (TPSA) is 25.2 Å². The molecule has 1 amide bonds. The number of aryl methyl sites for hydroxylation is 1. The third-order valence-corrected chi connectivity index (χ3v) is 4.30. The lowest BCUT2D eigenvalue weighted by molar-refractivity contribution is -0.184. The van der Waals surface area contributed by atoms with E-state index in [1.807, 2.05) is 35.9 Å². The molecule has 2 aromatic rings. The van der Waals surface area contributed by atoms with Crippen LogP contribution in [0.1, 0.15) is 23.2 Å². The Morgan fingerprint density at radius 2 is 2.00 bits per heavy atom. The van der Waals surface area contributed by atoms with E-state index in [1.165, 1.54) is 4.90 Å². The van der Waals surface area contributed by atoms with Gasteiger partial charge in [-0.2, -0.15) is 13.2 Å². The first-order valence-corrected chi connectivity index (χ1v) is 7.28. The minimum Gasteiger partial charge on any atom is -0.350 e. The molecule has 2 heterocycles. The summed E-state index contributed by atoms with van der Waals surface area (Å²) >= 11 is 0. The Bertz CT molecular complexity index is 705. The molecule has 0 N–H and O–H groups in total. The number of likely N-dealkylation sites (tertiary alicyclic amines) is 1. The number of amides is 1. The lowest BCUT2D eigenvalue weighted by atomic mass is 9.97. The maximum Gasteiger partial charge on any atom is 0.393 e. The van der Waals surface area contributed by atoms with Crippen molar-refractivity contribution >= 4 is 16.8 Å². The number of halogens is 3. The van der Waals surface area contributed by atoms with Crippen molar-refractivity contribution in [1.82, 2.24) is 9.47 Å². The number of rotatable bonds is 1. The van der Waals surface area contributed by atoms with Crippen LogP contribution in [0.3, 0.4) is 0 Å². The van der Waals surface area contributed by atoms with Crippen LogP contribution in [0, 0.1) is 5.92 Å². The van der Waals surface area contributed by atoms with Crippen LogP contribution in [0.5, 0.6) is 0 Å². The number of aromatic nitrogens is 1. The van der Waals surface area contributed by atoms with Crippen LogP contribution in [-0.2, 0) is 7.05 Å². The molecule has 1 saturated heterocycles. The fourth-order valence-electron chi connectivity index (χ4n) is 3.11. The summed E-state index contributed by atoms with van der Waals surface area (Å²) in [6.45, 7) is 0.139. The van der Waals surface area contributed by atoms with Gasteiger partial charge in [0.15, 0.2) is 0 Å². The summed E-state index contributed by atoms with van der Waals surface area (Å²) in [5, 5.41) is 0.782. The molecule has 1 aromatic heterocycles. The second-order valence-corrected chi connectivity index (χ2v) is 5.80. The van der Waals surface area contributed by atoms with E-state index < -0.39 is 12.1 Å². The summed E-state index contributed by atoms with van der Waals surface area (Å²) in [4.78, 5) is 14.0. The minimum absolute atomic E-state index is 0.100. The number of alkyl halides is 3. The van der Waals surface area contributed by atoms with Gasteiger partial charge < -0.3 is 9.47 Å². The zero-order valence-corrected chi connectivity index (χ0v) is 12.2. The molecule has 1 unspecified atom stereocenters. The largest absolute Gasteiger partial charge is 0.393 e. The van der Waals surface area contributed by atoms with Crippen LogP contribution in [0.2, 0.25) is 0 Å². The van der Waals surface area contributed by atoms with Crippen LogP contribution in [-0.4, -0.2) is 34.6 Å². The molecule has 3 rings (SSSR count). The Morgan fingerprint density at radius 1 is 1.27 bits per heavy atom. The van der Waals surface area contributed by atoms with E-state index >= 15 is 0 Å². The molecule has 1 aromatic carbocycles. The van der Waals surface area contributed by atoms with Gasteiger partial charge in [0.25, 0.3) is 5.91 Å². The Morgan fingerprint density at radius 3 is 2.73 bits per heavy atom. The van der Waals surface area contributed by atoms with Crippen molar-refractivity contribution in [2.24, 2.45) is 13.0 Å². The molecule has 6 heteroatoms. The lowest BCUT2D eigenvalue weighted by Gasteiger charge is -2.33. The zero-order valence-electron chi connectivity index (χ0n) is 12.2. The highest BCUT2D eigenvalue weighted by molar-refractivity contribution is 6.07. The molecule has 1 fully saturated rings. The molecule has 22 heavy (non-hydrogen) atoms. The summed E-state index contributed by atoms with van der Waals surface area (Å²) in [5.41, 5.74) is 1.37. The maximum atomic E-state index is 12.9. The Labute approximate surface area is 126 Å². The molecule has 0 saturated carbocycles. The average Bonchev–Trinajstić information content (AvgIpc) is 2.83. The van der Waals surface area contributed by atoms with Gasteiger partial charge in [0.2, 0.25) is 0 Å². The number of hydrogen-bond donors (Lipinski definition) is 0. The summed E-state index contributed by atoms with van der Waals surface area (Å²) in [6.07, 6.45) is -2.05. The number of benzene rings is 1. The van der Waals surface area contributed by atoms with E-state index in [9.17, 15) is 18.0 Å². The van der Waals surface area contributed by atoms with E-state index in [-0.39, 0.29) is 18.9 Å². The van der Waals surface area contributed by atoms with Crippen molar-refractivity contribution in [3.8, 4) is 0 Å². The van der Waals surface area contributed by atoms with Crippen molar-refractivity contribution < 1.29 is 18.0 Å². The van der Waals surface area contributed by atoms with Crippen molar-refractivity contribution in [2.45, 2.75) is 19.0 Å². The first-order chi connectivity index (χ1) is 10.4. The molecular formula is C16H17F3N2O. The number of fused-ring (bicyclic) bond motifs is 1. The predicted octanol–water partition coefficient (Wildman–Crippen LogP) is 3.59. The lowest BCUT2D eigenvalue weighted by Crippen LogP contribution is -2.44. The Kier molecular flexibility index (Phi) is 3.62. The number of nitrogens with zero attached hydrogens (tertiary/aromatic N) is 2. The SMILES string of the molecule is Cn1cc(C(=O)N2CCCC(C(F)(F)F)C2)c2ccccc21. The van der Waals surface area contributed by atoms with Crippen molar-refractivity contribution in [3.63, 3.8) is 0 Å². The van der Waals surface area contributed by atoms with Gasteiger partial charge in [-0.15, -0.1) is 0 Å². The van der Waals surface area contributed by atoms with Crippen LogP contribution in [0.25, 0.3) is 10.9 Å². The molecule has 3 nitrogen and oxygen atoms in total. The molecule has 0 bridgehead atoms. The van der Waals surface area contributed by atoms with Gasteiger partial charge in [0.1, 0.15) is 0 Å². The second kappa shape index (κ2) is 5.34. The Balaban J connectivity index is 1.90. The fraction of sp³-hybridized carbons (Fsp3) is 0.438. The van der Waals surface area contributed by atoms with Gasteiger partial charge in [0, 0.05) is 37.2 Å². The summed E-state index contributed by atoms with van der Waals surface area (Å²) in [5.74, 6) is -1.73. The number of carbonyl (C=O) groups is 1. The minimum atomic E-state index is -4.24. The normalized spacial score (nSPS) is 19.6. The fourth-order valence-corrected chi connectivity index (χ4v) is 3.11. The monoisotopic (exact) mass is 310 g/mol. The second-order valence-electron chi connectivity index (χ2n) is 5.80. The van der Waals surface area contributed by atoms with Crippen LogP contribution in [0.15, 0.2) is 30.5 Å². The predicted molar refractivity (Wildman–Crippen MR) is 77.6 cm³/mol. The van der Waals surface area contributed by atoms with Gasteiger partial charge in [-0.1, -0.05) is 18.2 Å². The van der Waals surface area contributed by atoms with E-state index in [0.717, 1.165) is 10.9 Å². The number of para-hydroxylation sites is 1. The van der Waals surface area contributed by atoms with E-state index in [0.29, 0.717) is 18.5 Å². The van der Waals surface area contributed by atoms with E-state index in [1.54, 1.807) is 6.20 Å². The first-order valence-electron chi connectivity index (χ1n) is 7.28. The first kappa shape index (κ1) is 14.9. The molecule has 0 radical (unpaired) electrons. The highest BCUT2D eigenvalue weighted by Crippen LogP contribution is 2.34. The molecular weight excluding hydrogens is 293 g/mol. The quantitative estimate of drug-likeness (QED) is 0.790. The van der Waals surface area contributed by atoms with Crippen LogP contribution < -0.4 is 0 Å². The molecule has 118 valence electrons. The van der Waals surface area contributed by atoms with Gasteiger partial charge in [-0.3, -0.25) is 4.79 Å². The zero-order chi connectivity index (χ0) is 15.9. The molecule has 1 aliphatic rings. The van der Waals surface area contributed by atoms with Gasteiger partial charge >= 0.3 is 6.18 Å². The van der Waals surface area contributed by atoms with E-state index in [4.69, 9.17) is 0 Å². The van der Waals surface area contributed by atoms with E-state index in [2.05, 4.69) is 0 Å². The van der Waals surface area contributed by atoms with Crippen LogP contribution >= 0.6 is 0 Å². The molecule has 1 atom stereocenters. The smallest absolute Gasteiger partial charge is 0.350 e.